The summed E-state index contributed by atoms with van der Waals surface area (Å²) in [7, 11) is 4.01. The van der Waals surface area contributed by atoms with E-state index in [2.05, 4.69) is 14.9 Å². The maximum atomic E-state index is 9.57. The van der Waals surface area contributed by atoms with E-state index in [9.17, 15) is 5.11 Å². The molecule has 1 aromatic heterocycles. The predicted octanol–water partition coefficient (Wildman–Crippen LogP) is 3.25. The maximum absolute atomic E-state index is 9.57. The van der Waals surface area contributed by atoms with Gasteiger partial charge in [-0.15, -0.1) is 0 Å². The third-order valence-electron chi connectivity index (χ3n) is 3.70. The normalized spacial score (nSPS) is 11.2. The second-order valence-corrected chi connectivity index (χ2v) is 6.07. The first-order valence-corrected chi connectivity index (χ1v) is 7.87. The van der Waals surface area contributed by atoms with E-state index in [4.69, 9.17) is 4.74 Å². The number of ether oxygens (including phenoxy) is 1. The summed E-state index contributed by atoms with van der Waals surface area (Å²) in [5.41, 5.74) is 1.79. The second kappa shape index (κ2) is 6.84. The first-order chi connectivity index (χ1) is 11.5. The molecule has 0 aliphatic heterocycles. The van der Waals surface area contributed by atoms with Crippen LogP contribution in [0.2, 0.25) is 0 Å². The monoisotopic (exact) mass is 323 g/mol. The van der Waals surface area contributed by atoms with Gasteiger partial charge in [0.15, 0.2) is 5.82 Å². The highest BCUT2D eigenvalue weighted by Gasteiger charge is 2.07. The van der Waals surface area contributed by atoms with Crippen molar-refractivity contribution in [3.8, 4) is 23.0 Å². The minimum Gasteiger partial charge on any atom is -0.508 e. The fourth-order valence-corrected chi connectivity index (χ4v) is 2.45. The Labute approximate surface area is 141 Å². The van der Waals surface area contributed by atoms with Gasteiger partial charge >= 0.3 is 0 Å². The van der Waals surface area contributed by atoms with Crippen molar-refractivity contribution < 1.29 is 9.84 Å². The summed E-state index contributed by atoms with van der Waals surface area (Å²) in [6, 6.07) is 13.1. The van der Waals surface area contributed by atoms with Crippen molar-refractivity contribution >= 4 is 10.8 Å². The van der Waals surface area contributed by atoms with Gasteiger partial charge in [0.2, 0.25) is 5.88 Å². The molecule has 2 aromatic carbocycles. The molecule has 0 saturated carbocycles. The van der Waals surface area contributed by atoms with Gasteiger partial charge in [0.05, 0.1) is 0 Å². The number of rotatable bonds is 5. The number of aromatic nitrogens is 2. The van der Waals surface area contributed by atoms with Crippen molar-refractivity contribution in [2.45, 2.75) is 6.92 Å². The Hall–Kier alpha value is -2.66. The first-order valence-electron chi connectivity index (χ1n) is 7.87. The molecule has 0 fully saturated rings. The number of hydrogen-bond acceptors (Lipinski definition) is 5. The molecule has 124 valence electrons. The van der Waals surface area contributed by atoms with Crippen molar-refractivity contribution in [3.05, 3.63) is 48.2 Å². The van der Waals surface area contributed by atoms with Gasteiger partial charge in [-0.1, -0.05) is 18.2 Å². The van der Waals surface area contributed by atoms with Crippen LogP contribution in [0.5, 0.6) is 11.6 Å². The molecule has 0 bridgehead atoms. The van der Waals surface area contributed by atoms with Crippen LogP contribution in [0.1, 0.15) is 5.69 Å². The van der Waals surface area contributed by atoms with E-state index in [-0.39, 0.29) is 5.75 Å². The van der Waals surface area contributed by atoms with Crippen molar-refractivity contribution in [1.29, 1.82) is 0 Å². The van der Waals surface area contributed by atoms with Crippen LogP contribution < -0.4 is 4.74 Å². The summed E-state index contributed by atoms with van der Waals surface area (Å²) < 4.78 is 5.74. The highest BCUT2D eigenvalue weighted by molar-refractivity contribution is 5.87. The number of likely N-dealkylation sites (N-methyl/N-ethyl adjacent to an activating group) is 1. The summed E-state index contributed by atoms with van der Waals surface area (Å²) in [5.74, 6) is 1.49. The van der Waals surface area contributed by atoms with Crippen LogP contribution in [0, 0.1) is 6.92 Å². The molecule has 0 aliphatic carbocycles. The summed E-state index contributed by atoms with van der Waals surface area (Å²) in [5, 5.41) is 11.6. The molecule has 0 saturated heterocycles. The Morgan fingerprint density at radius 1 is 1.00 bits per heavy atom. The van der Waals surface area contributed by atoms with E-state index in [0.717, 1.165) is 28.6 Å². The molecule has 1 N–H and O–H groups in total. The Morgan fingerprint density at radius 2 is 1.75 bits per heavy atom. The van der Waals surface area contributed by atoms with Gasteiger partial charge < -0.3 is 14.7 Å². The standard InChI is InChI=1S/C19H21N3O2/c1-13-10-18(24-9-8-22(2)3)21-19(20-13)16-5-4-15-12-17(23)7-6-14(15)11-16/h4-7,10-12,23H,8-9H2,1-3H3. The lowest BCUT2D eigenvalue weighted by atomic mass is 10.1. The largest absolute Gasteiger partial charge is 0.508 e. The zero-order valence-corrected chi connectivity index (χ0v) is 14.2. The molecule has 5 heteroatoms. The summed E-state index contributed by atoms with van der Waals surface area (Å²) in [4.78, 5) is 11.1. The van der Waals surface area contributed by atoms with Crippen LogP contribution in [-0.4, -0.2) is 47.2 Å². The van der Waals surface area contributed by atoms with Gasteiger partial charge in [0, 0.05) is 23.9 Å². The number of phenolic OH excluding ortho intramolecular Hbond substituents is 1. The molecule has 0 spiro atoms. The van der Waals surface area contributed by atoms with Crippen molar-refractivity contribution in [2.75, 3.05) is 27.2 Å². The number of phenols is 1. The first kappa shape index (κ1) is 16.2. The third-order valence-corrected chi connectivity index (χ3v) is 3.70. The molecule has 5 nitrogen and oxygen atoms in total. The van der Waals surface area contributed by atoms with E-state index >= 15 is 0 Å². The number of hydrogen-bond donors (Lipinski definition) is 1. The molecule has 0 unspecified atom stereocenters. The van der Waals surface area contributed by atoms with Crippen LogP contribution in [-0.2, 0) is 0 Å². The fourth-order valence-electron chi connectivity index (χ4n) is 2.45. The predicted molar refractivity (Wildman–Crippen MR) is 95.4 cm³/mol. The minimum atomic E-state index is 0.263. The molecule has 24 heavy (non-hydrogen) atoms. The Kier molecular flexibility index (Phi) is 4.62. The van der Waals surface area contributed by atoms with Gasteiger partial charge in [-0.2, -0.15) is 4.98 Å². The molecular weight excluding hydrogens is 302 g/mol. The summed E-state index contributed by atoms with van der Waals surface area (Å²) in [6.07, 6.45) is 0. The minimum absolute atomic E-state index is 0.263. The van der Waals surface area contributed by atoms with E-state index < -0.39 is 0 Å². The molecule has 0 radical (unpaired) electrons. The van der Waals surface area contributed by atoms with E-state index in [0.29, 0.717) is 18.3 Å². The topological polar surface area (TPSA) is 58.5 Å². The van der Waals surface area contributed by atoms with Gasteiger partial charge in [0.25, 0.3) is 0 Å². The van der Waals surface area contributed by atoms with E-state index in [1.165, 1.54) is 0 Å². The second-order valence-electron chi connectivity index (χ2n) is 6.07. The van der Waals surface area contributed by atoms with Crippen LogP contribution in [0.15, 0.2) is 42.5 Å². The molecule has 3 rings (SSSR count). The van der Waals surface area contributed by atoms with Gasteiger partial charge in [0.1, 0.15) is 12.4 Å². The number of benzene rings is 2. The molecular formula is C19H21N3O2. The van der Waals surface area contributed by atoms with E-state index in [1.807, 2.05) is 51.4 Å². The third kappa shape index (κ3) is 3.81. The van der Waals surface area contributed by atoms with Crippen molar-refractivity contribution in [1.82, 2.24) is 14.9 Å². The van der Waals surface area contributed by atoms with Gasteiger partial charge in [-0.3, -0.25) is 0 Å². The lowest BCUT2D eigenvalue weighted by Gasteiger charge is -2.11. The SMILES string of the molecule is Cc1cc(OCCN(C)C)nc(-c2ccc3cc(O)ccc3c2)n1. The maximum Gasteiger partial charge on any atom is 0.217 e. The van der Waals surface area contributed by atoms with Gasteiger partial charge in [-0.05, 0) is 50.0 Å². The summed E-state index contributed by atoms with van der Waals surface area (Å²) >= 11 is 0. The zero-order chi connectivity index (χ0) is 17.1. The molecule has 0 atom stereocenters. The zero-order valence-electron chi connectivity index (χ0n) is 14.2. The lowest BCUT2D eigenvalue weighted by molar-refractivity contribution is 0.253. The van der Waals surface area contributed by atoms with Crippen LogP contribution in [0.25, 0.3) is 22.2 Å². The Bertz CT molecular complexity index is 862. The Morgan fingerprint density at radius 3 is 2.54 bits per heavy atom. The summed E-state index contributed by atoms with van der Waals surface area (Å²) in [6.45, 7) is 3.35. The number of aryl methyl sites for hydroxylation is 1. The molecule has 0 aliphatic rings. The number of nitrogens with zero attached hydrogens (tertiary/aromatic N) is 3. The van der Waals surface area contributed by atoms with Crippen molar-refractivity contribution in [2.24, 2.45) is 0 Å². The van der Waals surface area contributed by atoms with E-state index in [1.54, 1.807) is 12.1 Å². The van der Waals surface area contributed by atoms with Gasteiger partial charge in [-0.25, -0.2) is 4.98 Å². The average Bonchev–Trinajstić information content (AvgIpc) is 2.53. The average molecular weight is 323 g/mol. The number of aromatic hydroxyl groups is 1. The van der Waals surface area contributed by atoms with Crippen molar-refractivity contribution in [3.63, 3.8) is 0 Å². The Balaban J connectivity index is 1.90. The van der Waals surface area contributed by atoms with Crippen LogP contribution in [0.3, 0.4) is 0 Å². The quantitative estimate of drug-likeness (QED) is 0.781. The molecule has 0 amide bonds. The molecule has 1 heterocycles. The lowest BCUT2D eigenvalue weighted by Crippen LogP contribution is -2.19. The fraction of sp³-hybridized carbons (Fsp3) is 0.263. The van der Waals surface area contributed by atoms with Crippen LogP contribution in [0.4, 0.5) is 0 Å². The smallest absolute Gasteiger partial charge is 0.217 e. The number of fused-ring (bicyclic) bond motifs is 1. The highest BCUT2D eigenvalue weighted by Crippen LogP contribution is 2.26. The van der Waals surface area contributed by atoms with Crippen LogP contribution >= 0.6 is 0 Å². The highest BCUT2D eigenvalue weighted by atomic mass is 16.5. The molecule has 3 aromatic rings.